The van der Waals surface area contributed by atoms with E-state index in [0.29, 0.717) is 12.3 Å². The lowest BCUT2D eigenvalue weighted by Crippen LogP contribution is -2.39. The van der Waals surface area contributed by atoms with E-state index in [9.17, 15) is 4.79 Å². The second-order valence-corrected chi connectivity index (χ2v) is 6.70. The van der Waals surface area contributed by atoms with E-state index in [-0.39, 0.29) is 18.0 Å². The number of carbonyl (C=O) groups is 1. The van der Waals surface area contributed by atoms with Crippen molar-refractivity contribution < 1.29 is 4.79 Å². The maximum absolute atomic E-state index is 12.7. The Morgan fingerprint density at radius 2 is 2.14 bits per heavy atom. The minimum Gasteiger partial charge on any atom is -0.353 e. The fourth-order valence-corrected chi connectivity index (χ4v) is 3.54. The maximum Gasteiger partial charge on any atom is 0.224 e. The van der Waals surface area contributed by atoms with E-state index < -0.39 is 0 Å². The van der Waals surface area contributed by atoms with Crippen LogP contribution in [0.1, 0.15) is 56.7 Å². The average molecular weight is 289 g/mol. The van der Waals surface area contributed by atoms with E-state index in [1.165, 1.54) is 31.4 Å². The number of hydrogen-bond acceptors (Lipinski definition) is 2. The fourth-order valence-electron chi connectivity index (χ4n) is 3.54. The summed E-state index contributed by atoms with van der Waals surface area (Å²) < 4.78 is 2.15. The van der Waals surface area contributed by atoms with Crippen LogP contribution in [0.5, 0.6) is 0 Å². The third-order valence-corrected chi connectivity index (χ3v) is 5.04. The summed E-state index contributed by atoms with van der Waals surface area (Å²) in [6.07, 6.45) is 9.61. The summed E-state index contributed by atoms with van der Waals surface area (Å²) in [6, 6.07) is 4.51. The van der Waals surface area contributed by atoms with Gasteiger partial charge in [-0.2, -0.15) is 0 Å². The van der Waals surface area contributed by atoms with E-state index in [4.69, 9.17) is 5.73 Å². The Balaban J connectivity index is 1.75. The molecule has 0 radical (unpaired) electrons. The summed E-state index contributed by atoms with van der Waals surface area (Å²) >= 11 is 0. The van der Waals surface area contributed by atoms with Gasteiger partial charge in [0.2, 0.25) is 5.91 Å². The van der Waals surface area contributed by atoms with Gasteiger partial charge < -0.3 is 15.2 Å². The van der Waals surface area contributed by atoms with E-state index in [1.807, 2.05) is 0 Å². The number of amides is 1. The quantitative estimate of drug-likeness (QED) is 0.926. The van der Waals surface area contributed by atoms with Crippen molar-refractivity contribution in [2.75, 3.05) is 6.54 Å². The minimum absolute atomic E-state index is 0.0646. The van der Waals surface area contributed by atoms with Gasteiger partial charge in [-0.1, -0.05) is 12.8 Å². The van der Waals surface area contributed by atoms with E-state index in [0.717, 1.165) is 19.4 Å². The molecule has 0 spiro atoms. The molecule has 1 aromatic rings. The first-order valence-corrected chi connectivity index (χ1v) is 8.33. The first-order chi connectivity index (χ1) is 10.2. The van der Waals surface area contributed by atoms with Gasteiger partial charge in [-0.3, -0.25) is 4.79 Å². The van der Waals surface area contributed by atoms with Gasteiger partial charge in [-0.15, -0.1) is 0 Å². The summed E-state index contributed by atoms with van der Waals surface area (Å²) in [5, 5.41) is 0. The van der Waals surface area contributed by atoms with Gasteiger partial charge in [0.15, 0.2) is 0 Å². The van der Waals surface area contributed by atoms with Gasteiger partial charge in [0.25, 0.3) is 0 Å². The maximum atomic E-state index is 12.7. The summed E-state index contributed by atoms with van der Waals surface area (Å²) in [6.45, 7) is 0.881. The van der Waals surface area contributed by atoms with Gasteiger partial charge in [0.1, 0.15) is 0 Å². The molecule has 21 heavy (non-hydrogen) atoms. The molecule has 2 aliphatic rings. The third kappa shape index (κ3) is 3.31. The molecule has 2 heterocycles. The van der Waals surface area contributed by atoms with Crippen LogP contribution < -0.4 is 5.73 Å². The minimum atomic E-state index is 0.0646. The molecule has 2 N–H and O–H groups in total. The van der Waals surface area contributed by atoms with Crippen LogP contribution in [0.3, 0.4) is 0 Å². The monoisotopic (exact) mass is 289 g/mol. The number of aromatic nitrogens is 1. The fraction of sp³-hybridized carbons (Fsp3) is 0.706. The molecule has 1 aromatic heterocycles. The molecule has 1 saturated carbocycles. The Hall–Kier alpha value is -1.29. The predicted molar refractivity (Wildman–Crippen MR) is 83.7 cm³/mol. The molecule has 1 amide bonds. The van der Waals surface area contributed by atoms with E-state index in [1.54, 1.807) is 0 Å². The Morgan fingerprint density at radius 1 is 1.33 bits per heavy atom. The molecule has 2 fully saturated rings. The van der Waals surface area contributed by atoms with Gasteiger partial charge in [0, 0.05) is 37.9 Å². The molecule has 4 heteroatoms. The Kier molecular flexibility index (Phi) is 4.34. The van der Waals surface area contributed by atoms with Crippen LogP contribution in [0.2, 0.25) is 0 Å². The van der Waals surface area contributed by atoms with Crippen molar-refractivity contribution in [2.24, 2.45) is 18.7 Å². The molecule has 1 saturated heterocycles. The Labute approximate surface area is 127 Å². The van der Waals surface area contributed by atoms with Crippen molar-refractivity contribution in [3.05, 3.63) is 24.0 Å². The van der Waals surface area contributed by atoms with Gasteiger partial charge in [-0.05, 0) is 43.7 Å². The largest absolute Gasteiger partial charge is 0.353 e. The molecule has 0 aromatic carbocycles. The second-order valence-electron chi connectivity index (χ2n) is 6.70. The highest BCUT2D eigenvalue weighted by Gasteiger charge is 2.33. The zero-order chi connectivity index (χ0) is 14.8. The van der Waals surface area contributed by atoms with Gasteiger partial charge >= 0.3 is 0 Å². The van der Waals surface area contributed by atoms with Crippen LogP contribution in [0.15, 0.2) is 18.3 Å². The lowest BCUT2D eigenvalue weighted by atomic mass is 10.0. The normalized spacial score (nSPS) is 24.7. The van der Waals surface area contributed by atoms with Crippen molar-refractivity contribution >= 4 is 5.91 Å². The number of likely N-dealkylation sites (tertiary alicyclic amines) is 1. The van der Waals surface area contributed by atoms with Crippen LogP contribution in [0.4, 0.5) is 0 Å². The molecule has 1 aliphatic carbocycles. The Morgan fingerprint density at radius 3 is 2.81 bits per heavy atom. The lowest BCUT2D eigenvalue weighted by molar-refractivity contribution is -0.134. The van der Waals surface area contributed by atoms with Crippen molar-refractivity contribution in [1.29, 1.82) is 0 Å². The molecule has 0 bridgehead atoms. The molecule has 116 valence electrons. The molecular formula is C17H27N3O. The van der Waals surface area contributed by atoms with Crippen molar-refractivity contribution in [3.63, 3.8) is 0 Å². The van der Waals surface area contributed by atoms with Crippen molar-refractivity contribution in [2.45, 2.75) is 57.0 Å². The smallest absolute Gasteiger partial charge is 0.224 e. The molecule has 3 rings (SSSR count). The van der Waals surface area contributed by atoms with Crippen LogP contribution in [0.25, 0.3) is 0 Å². The summed E-state index contributed by atoms with van der Waals surface area (Å²) in [5.41, 5.74) is 7.42. The highest BCUT2D eigenvalue weighted by molar-refractivity contribution is 5.77. The highest BCUT2D eigenvalue weighted by atomic mass is 16.2. The van der Waals surface area contributed by atoms with E-state index in [2.05, 4.69) is 34.8 Å². The number of carbonyl (C=O) groups excluding carboxylic acids is 1. The number of aryl methyl sites for hydroxylation is 1. The van der Waals surface area contributed by atoms with Gasteiger partial charge in [-0.25, -0.2) is 0 Å². The van der Waals surface area contributed by atoms with Crippen LogP contribution in [-0.4, -0.2) is 28.0 Å². The molecule has 1 aliphatic heterocycles. The topological polar surface area (TPSA) is 51.3 Å². The first kappa shape index (κ1) is 14.6. The Bertz CT molecular complexity index is 492. The van der Waals surface area contributed by atoms with Gasteiger partial charge in [0.05, 0.1) is 6.04 Å². The summed E-state index contributed by atoms with van der Waals surface area (Å²) in [7, 11) is 2.07. The molecule has 4 nitrogen and oxygen atoms in total. The van der Waals surface area contributed by atoms with Crippen LogP contribution >= 0.6 is 0 Å². The molecule has 2 atom stereocenters. The number of hydrogen-bond donors (Lipinski definition) is 1. The van der Waals surface area contributed by atoms with Crippen molar-refractivity contribution in [3.8, 4) is 0 Å². The SMILES string of the molecule is Cn1cccc1C1CCCCCN1C(=O)CC(N)C1CC1. The average Bonchev–Trinajstić information content (AvgIpc) is 3.25. The summed E-state index contributed by atoms with van der Waals surface area (Å²) in [4.78, 5) is 14.8. The molecule has 2 unspecified atom stereocenters. The van der Waals surface area contributed by atoms with E-state index >= 15 is 0 Å². The first-order valence-electron chi connectivity index (χ1n) is 8.33. The second kappa shape index (κ2) is 6.22. The zero-order valence-electron chi connectivity index (χ0n) is 13.0. The number of rotatable bonds is 4. The highest BCUT2D eigenvalue weighted by Crippen LogP contribution is 2.35. The number of nitrogens with two attached hydrogens (primary N) is 1. The van der Waals surface area contributed by atoms with Crippen LogP contribution in [0, 0.1) is 5.92 Å². The van der Waals surface area contributed by atoms with Crippen molar-refractivity contribution in [1.82, 2.24) is 9.47 Å². The lowest BCUT2D eigenvalue weighted by Gasteiger charge is -2.31. The number of nitrogens with zero attached hydrogens (tertiary/aromatic N) is 2. The zero-order valence-corrected chi connectivity index (χ0v) is 13.0. The standard InChI is InChI=1S/C17H27N3O/c1-19-10-5-7-15(19)16-6-3-2-4-11-20(16)17(21)12-14(18)13-8-9-13/h5,7,10,13-14,16H,2-4,6,8-9,11-12,18H2,1H3. The predicted octanol–water partition coefficient (Wildman–Crippen LogP) is 2.60. The summed E-state index contributed by atoms with van der Waals surface area (Å²) in [5.74, 6) is 0.844. The van der Waals surface area contributed by atoms with Crippen LogP contribution in [-0.2, 0) is 11.8 Å². The molecular weight excluding hydrogens is 262 g/mol. The third-order valence-electron chi connectivity index (χ3n) is 5.04.